The number of fused-ring (bicyclic) bond motifs is 2. The van der Waals surface area contributed by atoms with Crippen LogP contribution in [0.5, 0.6) is 11.9 Å². The zero-order chi connectivity index (χ0) is 26.9. The molecule has 1 unspecified atom stereocenters. The van der Waals surface area contributed by atoms with Gasteiger partial charge in [-0.3, -0.25) is 4.79 Å². The predicted octanol–water partition coefficient (Wildman–Crippen LogP) is 1.85. The van der Waals surface area contributed by atoms with Gasteiger partial charge in [-0.1, -0.05) is 11.6 Å². The second-order valence-electron chi connectivity index (χ2n) is 10.4. The van der Waals surface area contributed by atoms with Crippen LogP contribution in [0.2, 0.25) is 5.02 Å². The molecule has 2 aromatic heterocycles. The van der Waals surface area contributed by atoms with Gasteiger partial charge in [0, 0.05) is 18.7 Å². The van der Waals surface area contributed by atoms with Crippen LogP contribution in [0.4, 0.5) is 8.78 Å². The molecule has 1 amide bonds. The fourth-order valence-electron chi connectivity index (χ4n) is 5.39. The summed E-state index contributed by atoms with van der Waals surface area (Å²) in [6.45, 7) is 2.11. The lowest BCUT2D eigenvalue weighted by Gasteiger charge is -2.54. The number of aliphatic hydroxyl groups excluding tert-OH is 1. The summed E-state index contributed by atoms with van der Waals surface area (Å²) in [5, 5.41) is 9.98. The molecule has 4 atom stereocenters. The molecule has 0 aliphatic carbocycles. The smallest absolute Gasteiger partial charge is 0.296 e. The summed E-state index contributed by atoms with van der Waals surface area (Å²) >= 11 is 6.29. The molecule has 4 saturated heterocycles. The van der Waals surface area contributed by atoms with E-state index in [1.165, 1.54) is 6.07 Å². The maximum Gasteiger partial charge on any atom is 0.296 e. The van der Waals surface area contributed by atoms with Crippen molar-refractivity contribution in [3.8, 4) is 11.9 Å². The van der Waals surface area contributed by atoms with Gasteiger partial charge in [0.15, 0.2) is 11.8 Å². The van der Waals surface area contributed by atoms with Gasteiger partial charge in [-0.15, -0.1) is 0 Å². The normalized spacial score (nSPS) is 26.9. The van der Waals surface area contributed by atoms with Crippen molar-refractivity contribution in [2.24, 2.45) is 5.41 Å². The first-order chi connectivity index (χ1) is 18.8. The molecule has 39 heavy (non-hydrogen) atoms. The molecule has 4 aliphatic rings. The molecule has 3 aromatic rings. The van der Waals surface area contributed by atoms with Crippen molar-refractivity contribution in [3.63, 3.8) is 0 Å². The summed E-state index contributed by atoms with van der Waals surface area (Å²) in [6.07, 6.45) is -2.06. The van der Waals surface area contributed by atoms with E-state index in [0.717, 1.165) is 12.1 Å². The Labute approximate surface area is 224 Å². The average Bonchev–Trinajstić information content (AvgIpc) is 3.53. The Morgan fingerprint density at radius 2 is 1.90 bits per heavy atom. The van der Waals surface area contributed by atoms with E-state index in [9.17, 15) is 18.7 Å². The number of H-pyrrole nitrogens is 1. The van der Waals surface area contributed by atoms with Crippen LogP contribution in [0.25, 0.3) is 11.2 Å². The highest BCUT2D eigenvalue weighted by Gasteiger charge is 2.51. The number of likely N-dealkylation sites (tertiary alicyclic amines) is 1. The molecule has 11 nitrogen and oxygen atoms in total. The molecule has 0 bridgehead atoms. The number of nitrogens with one attached hydrogen (secondary N) is 1. The van der Waals surface area contributed by atoms with E-state index in [2.05, 4.69) is 15.0 Å². The lowest BCUT2D eigenvalue weighted by molar-refractivity contribution is -0.176. The van der Waals surface area contributed by atoms with E-state index in [1.54, 1.807) is 4.90 Å². The van der Waals surface area contributed by atoms with Crippen LogP contribution < -0.4 is 9.47 Å². The maximum absolute atomic E-state index is 14.8. The van der Waals surface area contributed by atoms with E-state index >= 15 is 0 Å². The Bertz CT molecular complexity index is 1440. The standard InChI is InChI=1S/C25H23ClF2N4O7/c26-13-3-16-21(31-24(29-16)39-18-6-37-19-17(33)5-36-20(18)19)30-22(13)38-4-12-14(27)1-11(2-15(12)28)23(34)32-7-25(8-32)9-35-10-25/h1-3,17-20,33H,4-10H2,(H,29,30,31)/t17-,18-,19?,20-/m1/s1. The molecule has 1 aromatic carbocycles. The second-order valence-corrected chi connectivity index (χ2v) is 10.8. The molecular formula is C25H23ClF2N4O7. The maximum atomic E-state index is 14.8. The van der Waals surface area contributed by atoms with Crippen molar-refractivity contribution in [3.05, 3.63) is 46.0 Å². The van der Waals surface area contributed by atoms with E-state index in [1.807, 2.05) is 0 Å². The van der Waals surface area contributed by atoms with Crippen LogP contribution in [0.15, 0.2) is 18.2 Å². The molecule has 2 N–H and O–H groups in total. The Balaban J connectivity index is 1.03. The van der Waals surface area contributed by atoms with Crippen LogP contribution >= 0.6 is 11.6 Å². The van der Waals surface area contributed by atoms with E-state index < -0.39 is 48.6 Å². The molecule has 7 rings (SSSR count). The molecular weight excluding hydrogens is 542 g/mol. The minimum atomic E-state index is -0.912. The molecule has 6 heterocycles. The first-order valence-electron chi connectivity index (χ1n) is 12.4. The first-order valence-corrected chi connectivity index (χ1v) is 12.8. The number of imidazole rings is 1. The van der Waals surface area contributed by atoms with Crippen molar-refractivity contribution < 1.29 is 42.4 Å². The number of aromatic amines is 1. The van der Waals surface area contributed by atoms with Crippen molar-refractivity contribution in [1.82, 2.24) is 19.9 Å². The highest BCUT2D eigenvalue weighted by Crippen LogP contribution is 2.38. The number of carbonyl (C=O) groups excluding carboxylic acids is 1. The number of halogens is 3. The molecule has 1 spiro atoms. The number of hydrogen-bond acceptors (Lipinski definition) is 9. The predicted molar refractivity (Wildman–Crippen MR) is 129 cm³/mol. The van der Waals surface area contributed by atoms with Gasteiger partial charge in [0.1, 0.15) is 41.6 Å². The summed E-state index contributed by atoms with van der Waals surface area (Å²) in [5.41, 5.74) is 0.223. The van der Waals surface area contributed by atoms with Gasteiger partial charge in [-0.2, -0.15) is 9.97 Å². The zero-order valence-corrected chi connectivity index (χ0v) is 21.1. The van der Waals surface area contributed by atoms with Crippen molar-refractivity contribution in [2.45, 2.75) is 31.0 Å². The summed E-state index contributed by atoms with van der Waals surface area (Å²) in [4.78, 5) is 25.7. The van der Waals surface area contributed by atoms with Crippen LogP contribution in [-0.2, 0) is 20.8 Å². The molecule has 14 heteroatoms. The van der Waals surface area contributed by atoms with Gasteiger partial charge in [-0.05, 0) is 18.2 Å². The van der Waals surface area contributed by atoms with Gasteiger partial charge >= 0.3 is 0 Å². The quantitative estimate of drug-likeness (QED) is 0.461. The number of pyridine rings is 1. The van der Waals surface area contributed by atoms with Gasteiger partial charge in [0.05, 0.1) is 42.9 Å². The van der Waals surface area contributed by atoms with Gasteiger partial charge in [0.25, 0.3) is 11.9 Å². The van der Waals surface area contributed by atoms with Crippen molar-refractivity contribution in [1.29, 1.82) is 0 Å². The fourth-order valence-corrected chi connectivity index (χ4v) is 5.60. The summed E-state index contributed by atoms with van der Waals surface area (Å²) in [5.74, 6) is -2.34. The number of ether oxygens (including phenoxy) is 5. The van der Waals surface area contributed by atoms with Crippen LogP contribution in [0.1, 0.15) is 15.9 Å². The minimum absolute atomic E-state index is 0.00294. The molecule has 206 valence electrons. The number of aliphatic hydroxyl groups is 1. The molecule has 0 radical (unpaired) electrons. The Morgan fingerprint density at radius 1 is 1.15 bits per heavy atom. The van der Waals surface area contributed by atoms with Crippen molar-refractivity contribution >= 4 is 28.7 Å². The van der Waals surface area contributed by atoms with Crippen LogP contribution in [0.3, 0.4) is 0 Å². The van der Waals surface area contributed by atoms with E-state index in [0.29, 0.717) is 31.8 Å². The topological polar surface area (TPSA) is 128 Å². The van der Waals surface area contributed by atoms with Crippen LogP contribution in [0, 0.1) is 17.0 Å². The van der Waals surface area contributed by atoms with Gasteiger partial charge in [0.2, 0.25) is 5.88 Å². The Hall–Kier alpha value is -3.10. The fraction of sp³-hybridized carbons (Fsp3) is 0.480. The SMILES string of the molecule is O=C(c1cc(F)c(COc2nc3nc(O[C@@H]4COC5[C@H](O)CO[C@@H]54)[nH]c3cc2Cl)c(F)c1)N1CC2(COC2)C1. The monoisotopic (exact) mass is 564 g/mol. The molecule has 0 saturated carbocycles. The third-order valence-electron chi connectivity index (χ3n) is 7.52. The second kappa shape index (κ2) is 9.24. The number of rotatable bonds is 6. The van der Waals surface area contributed by atoms with Gasteiger partial charge < -0.3 is 38.7 Å². The van der Waals surface area contributed by atoms with E-state index in [-0.39, 0.29) is 52.3 Å². The number of nitrogens with zero attached hydrogens (tertiary/aromatic N) is 3. The average molecular weight is 565 g/mol. The summed E-state index contributed by atoms with van der Waals surface area (Å²) < 4.78 is 57.3. The van der Waals surface area contributed by atoms with E-state index in [4.69, 9.17) is 35.3 Å². The number of amides is 1. The zero-order valence-electron chi connectivity index (χ0n) is 20.4. The number of benzene rings is 1. The largest absolute Gasteiger partial charge is 0.471 e. The number of carbonyl (C=O) groups is 1. The van der Waals surface area contributed by atoms with Gasteiger partial charge in [-0.25, -0.2) is 8.78 Å². The first kappa shape index (κ1) is 24.9. The third-order valence-corrected chi connectivity index (χ3v) is 7.79. The Kier molecular flexibility index (Phi) is 5.90. The van der Waals surface area contributed by atoms with Crippen LogP contribution in [-0.4, -0.2) is 94.8 Å². The summed E-state index contributed by atoms with van der Waals surface area (Å²) in [7, 11) is 0. The lowest BCUT2D eigenvalue weighted by Crippen LogP contribution is -2.67. The molecule has 4 aliphatic heterocycles. The lowest BCUT2D eigenvalue weighted by atomic mass is 9.78. The summed E-state index contributed by atoms with van der Waals surface area (Å²) in [6, 6.07) is 3.66. The highest BCUT2D eigenvalue weighted by atomic mass is 35.5. The van der Waals surface area contributed by atoms with Crippen molar-refractivity contribution in [2.75, 3.05) is 39.5 Å². The Morgan fingerprint density at radius 3 is 2.62 bits per heavy atom. The minimum Gasteiger partial charge on any atom is -0.471 e. The third kappa shape index (κ3) is 4.28. The highest BCUT2D eigenvalue weighted by molar-refractivity contribution is 6.32. The molecule has 4 fully saturated rings. The number of aromatic nitrogens is 3. The number of hydrogen-bond donors (Lipinski definition) is 2.